The first-order valence-corrected chi connectivity index (χ1v) is 10.4. The van der Waals surface area contributed by atoms with Crippen LogP contribution in [0.15, 0.2) is 18.2 Å². The Hall–Kier alpha value is -1.55. The standard InChI is InChI=1S/C21H29ClN2O2/c1-2-16-14-24(10-9-19(16)23-20(25)13-22)21(26)12-15-7-8-17-5-3-4-6-18(17)11-15/h7-8,11,16,19H,2-6,9-10,12-14H2,1H3,(H,23,25). The van der Waals surface area contributed by atoms with Gasteiger partial charge in [-0.05, 0) is 61.1 Å². The quantitative estimate of drug-likeness (QED) is 0.803. The number of piperidine rings is 1. The van der Waals surface area contributed by atoms with Crippen molar-refractivity contribution in [3.63, 3.8) is 0 Å². The topological polar surface area (TPSA) is 49.4 Å². The summed E-state index contributed by atoms with van der Waals surface area (Å²) >= 11 is 5.61. The van der Waals surface area contributed by atoms with E-state index in [1.807, 2.05) is 4.90 Å². The minimum Gasteiger partial charge on any atom is -0.352 e. The summed E-state index contributed by atoms with van der Waals surface area (Å²) in [5.74, 6) is 0.363. The van der Waals surface area contributed by atoms with Crippen molar-refractivity contribution in [2.75, 3.05) is 19.0 Å². The van der Waals surface area contributed by atoms with Crippen LogP contribution in [0.4, 0.5) is 0 Å². The van der Waals surface area contributed by atoms with E-state index in [0.29, 0.717) is 25.4 Å². The summed E-state index contributed by atoms with van der Waals surface area (Å²) in [6, 6.07) is 6.68. The molecule has 1 heterocycles. The molecule has 1 aliphatic heterocycles. The third-order valence-electron chi connectivity index (χ3n) is 5.85. The molecule has 0 saturated carbocycles. The van der Waals surface area contributed by atoms with Crippen molar-refractivity contribution in [1.82, 2.24) is 10.2 Å². The molecule has 2 atom stereocenters. The van der Waals surface area contributed by atoms with Crippen LogP contribution in [0.1, 0.15) is 49.3 Å². The Morgan fingerprint density at radius 1 is 1.23 bits per heavy atom. The first-order chi connectivity index (χ1) is 12.6. The highest BCUT2D eigenvalue weighted by Crippen LogP contribution is 2.24. The largest absolute Gasteiger partial charge is 0.352 e. The first kappa shape index (κ1) is 19.2. The Labute approximate surface area is 161 Å². The number of nitrogens with one attached hydrogen (secondary N) is 1. The average molecular weight is 377 g/mol. The smallest absolute Gasteiger partial charge is 0.235 e. The maximum atomic E-state index is 12.8. The Bertz CT molecular complexity index is 661. The molecular formula is C21H29ClN2O2. The van der Waals surface area contributed by atoms with E-state index in [9.17, 15) is 9.59 Å². The zero-order chi connectivity index (χ0) is 18.5. The van der Waals surface area contributed by atoms with Crippen LogP contribution in [0.25, 0.3) is 0 Å². The van der Waals surface area contributed by atoms with Gasteiger partial charge in [-0.15, -0.1) is 11.6 Å². The van der Waals surface area contributed by atoms with Crippen LogP contribution < -0.4 is 5.32 Å². The minimum absolute atomic E-state index is 0.00604. The number of aryl methyl sites for hydroxylation is 2. The van der Waals surface area contributed by atoms with Gasteiger partial charge in [0.2, 0.25) is 11.8 Å². The van der Waals surface area contributed by atoms with Crippen molar-refractivity contribution in [2.45, 2.75) is 57.9 Å². The van der Waals surface area contributed by atoms with Gasteiger partial charge in [-0.3, -0.25) is 9.59 Å². The van der Waals surface area contributed by atoms with Gasteiger partial charge in [0.05, 0.1) is 6.42 Å². The molecule has 2 amide bonds. The van der Waals surface area contributed by atoms with E-state index in [2.05, 4.69) is 30.4 Å². The maximum Gasteiger partial charge on any atom is 0.235 e. The second-order valence-corrected chi connectivity index (χ2v) is 7.86. The van der Waals surface area contributed by atoms with Gasteiger partial charge >= 0.3 is 0 Å². The molecule has 142 valence electrons. The first-order valence-electron chi connectivity index (χ1n) is 9.84. The monoisotopic (exact) mass is 376 g/mol. The number of carbonyl (C=O) groups is 2. The number of benzene rings is 1. The Morgan fingerprint density at radius 2 is 2.00 bits per heavy atom. The van der Waals surface area contributed by atoms with Crippen LogP contribution in [0.5, 0.6) is 0 Å². The fourth-order valence-corrected chi connectivity index (χ4v) is 4.37. The van der Waals surface area contributed by atoms with Crippen molar-refractivity contribution < 1.29 is 9.59 Å². The molecule has 4 nitrogen and oxygen atoms in total. The molecule has 5 heteroatoms. The SMILES string of the molecule is CCC1CN(C(=O)Cc2ccc3c(c2)CCCC3)CCC1NC(=O)CCl. The Kier molecular flexibility index (Phi) is 6.58. The number of hydrogen-bond donors (Lipinski definition) is 1. The van der Waals surface area contributed by atoms with Crippen LogP contribution in [-0.2, 0) is 28.9 Å². The molecule has 3 rings (SSSR count). The van der Waals surface area contributed by atoms with E-state index >= 15 is 0 Å². The predicted octanol–water partition coefficient (Wildman–Crippen LogP) is 3.09. The lowest BCUT2D eigenvalue weighted by atomic mass is 9.88. The lowest BCUT2D eigenvalue weighted by molar-refractivity contribution is -0.132. The van der Waals surface area contributed by atoms with Crippen molar-refractivity contribution >= 4 is 23.4 Å². The van der Waals surface area contributed by atoms with Crippen molar-refractivity contribution in [1.29, 1.82) is 0 Å². The number of likely N-dealkylation sites (tertiary alicyclic amines) is 1. The van der Waals surface area contributed by atoms with Crippen LogP contribution in [-0.4, -0.2) is 41.7 Å². The second kappa shape index (κ2) is 8.90. The number of amides is 2. The number of halogens is 1. The van der Waals surface area contributed by atoms with E-state index in [-0.39, 0.29) is 23.7 Å². The van der Waals surface area contributed by atoms with Crippen molar-refractivity contribution in [3.05, 3.63) is 34.9 Å². The van der Waals surface area contributed by atoms with E-state index in [4.69, 9.17) is 11.6 Å². The molecule has 1 aromatic carbocycles. The van der Waals surface area contributed by atoms with Gasteiger partial charge in [0, 0.05) is 19.1 Å². The summed E-state index contributed by atoms with van der Waals surface area (Å²) in [4.78, 5) is 26.4. The average Bonchev–Trinajstić information content (AvgIpc) is 2.68. The molecule has 1 saturated heterocycles. The Balaban J connectivity index is 1.59. The fraction of sp³-hybridized carbons (Fsp3) is 0.619. The molecule has 1 aliphatic carbocycles. The molecule has 2 unspecified atom stereocenters. The molecule has 1 fully saturated rings. The predicted molar refractivity (Wildman–Crippen MR) is 104 cm³/mol. The summed E-state index contributed by atoms with van der Waals surface area (Å²) in [5.41, 5.74) is 4.01. The highest BCUT2D eigenvalue weighted by atomic mass is 35.5. The van der Waals surface area contributed by atoms with E-state index < -0.39 is 0 Å². The second-order valence-electron chi connectivity index (χ2n) is 7.59. The zero-order valence-electron chi connectivity index (χ0n) is 15.6. The minimum atomic E-state index is -0.121. The van der Waals surface area contributed by atoms with Gasteiger partial charge in [0.1, 0.15) is 5.88 Å². The van der Waals surface area contributed by atoms with Gasteiger partial charge in [0.15, 0.2) is 0 Å². The van der Waals surface area contributed by atoms with Gasteiger partial charge in [-0.2, -0.15) is 0 Å². The maximum absolute atomic E-state index is 12.8. The number of hydrogen-bond acceptors (Lipinski definition) is 2. The number of nitrogens with zero attached hydrogens (tertiary/aromatic N) is 1. The van der Waals surface area contributed by atoms with Crippen molar-refractivity contribution in [3.8, 4) is 0 Å². The lowest BCUT2D eigenvalue weighted by Gasteiger charge is -2.38. The van der Waals surface area contributed by atoms with Crippen molar-refractivity contribution in [2.24, 2.45) is 5.92 Å². The number of fused-ring (bicyclic) bond motifs is 1. The molecule has 2 aliphatic rings. The zero-order valence-corrected chi connectivity index (χ0v) is 16.4. The summed E-state index contributed by atoms with van der Waals surface area (Å²) in [5, 5.41) is 3.00. The van der Waals surface area contributed by atoms with E-state index in [1.165, 1.54) is 30.4 Å². The molecule has 1 N–H and O–H groups in total. The Morgan fingerprint density at radius 3 is 2.73 bits per heavy atom. The van der Waals surface area contributed by atoms with E-state index in [1.54, 1.807) is 0 Å². The van der Waals surface area contributed by atoms with Gasteiger partial charge in [-0.1, -0.05) is 25.1 Å². The molecule has 0 aromatic heterocycles. The highest BCUT2D eigenvalue weighted by Gasteiger charge is 2.31. The molecule has 0 bridgehead atoms. The summed E-state index contributed by atoms with van der Waals surface area (Å²) in [7, 11) is 0. The van der Waals surface area contributed by atoms with Crippen LogP contribution in [0.2, 0.25) is 0 Å². The summed E-state index contributed by atoms with van der Waals surface area (Å²) < 4.78 is 0. The molecule has 26 heavy (non-hydrogen) atoms. The van der Waals surface area contributed by atoms with Crippen LogP contribution >= 0.6 is 11.6 Å². The molecule has 0 spiro atoms. The summed E-state index contributed by atoms with van der Waals surface area (Å²) in [6.45, 7) is 3.53. The van der Waals surface area contributed by atoms with E-state index in [0.717, 1.165) is 24.8 Å². The lowest BCUT2D eigenvalue weighted by Crippen LogP contribution is -2.52. The van der Waals surface area contributed by atoms with Crippen LogP contribution in [0, 0.1) is 5.92 Å². The van der Waals surface area contributed by atoms with Crippen LogP contribution in [0.3, 0.4) is 0 Å². The summed E-state index contributed by atoms with van der Waals surface area (Å²) in [6.07, 6.45) is 7.06. The third kappa shape index (κ3) is 4.59. The van der Waals surface area contributed by atoms with Gasteiger partial charge < -0.3 is 10.2 Å². The fourth-order valence-electron chi connectivity index (χ4n) is 4.29. The number of alkyl halides is 1. The van der Waals surface area contributed by atoms with Gasteiger partial charge in [0.25, 0.3) is 0 Å². The molecular weight excluding hydrogens is 348 g/mol. The molecule has 1 aromatic rings. The third-order valence-corrected chi connectivity index (χ3v) is 6.09. The highest BCUT2D eigenvalue weighted by molar-refractivity contribution is 6.27. The number of carbonyl (C=O) groups excluding carboxylic acids is 2. The normalized spacial score (nSPS) is 22.6. The van der Waals surface area contributed by atoms with Gasteiger partial charge in [-0.25, -0.2) is 0 Å². The number of rotatable bonds is 5. The molecule has 0 radical (unpaired) electrons.